The number of hydrogen-bond donors (Lipinski definition) is 1. The largest absolute Gasteiger partial charge is 0.310 e. The molecular weight excluding hydrogens is 330 g/mol. The van der Waals surface area contributed by atoms with Gasteiger partial charge in [0.05, 0.1) is 11.9 Å². The van der Waals surface area contributed by atoms with Crippen molar-refractivity contribution in [3.63, 3.8) is 0 Å². The van der Waals surface area contributed by atoms with E-state index in [-0.39, 0.29) is 11.8 Å². The molecule has 4 rings (SSSR count). The molecule has 25 heavy (non-hydrogen) atoms. The molecule has 0 fully saturated rings. The molecule has 2 aromatic carbocycles. The van der Waals surface area contributed by atoms with E-state index >= 15 is 0 Å². The number of hydrogen-bond acceptors (Lipinski definition) is 3. The number of amides is 1. The van der Waals surface area contributed by atoms with Crippen molar-refractivity contribution in [2.45, 2.75) is 24.2 Å². The maximum atomic E-state index is 12.3. The van der Waals surface area contributed by atoms with Crippen molar-refractivity contribution in [3.8, 4) is 5.69 Å². The van der Waals surface area contributed by atoms with Crippen LogP contribution in [0.1, 0.15) is 29.0 Å². The number of carbonyl (C=O) groups is 1. The fourth-order valence-corrected chi connectivity index (χ4v) is 3.64. The SMILES string of the molecule is CSc1ccc([C@@H]2CC(=O)Nc3c2cnn3-c2ccc(C)cc2)cc1. The number of nitrogens with one attached hydrogen (secondary N) is 1. The molecule has 0 saturated heterocycles. The highest BCUT2D eigenvalue weighted by Gasteiger charge is 2.30. The lowest BCUT2D eigenvalue weighted by Crippen LogP contribution is -2.24. The number of anilines is 1. The lowest BCUT2D eigenvalue weighted by atomic mass is 9.87. The molecule has 1 aliphatic heterocycles. The third-order valence-corrected chi connectivity index (χ3v) is 5.36. The quantitative estimate of drug-likeness (QED) is 0.714. The van der Waals surface area contributed by atoms with Gasteiger partial charge in [-0.2, -0.15) is 5.10 Å². The highest BCUT2D eigenvalue weighted by molar-refractivity contribution is 7.98. The Morgan fingerprint density at radius 2 is 1.84 bits per heavy atom. The van der Waals surface area contributed by atoms with Crippen LogP contribution in [0.3, 0.4) is 0 Å². The minimum Gasteiger partial charge on any atom is -0.310 e. The molecule has 4 nitrogen and oxygen atoms in total. The summed E-state index contributed by atoms with van der Waals surface area (Å²) < 4.78 is 1.81. The number of carbonyl (C=O) groups excluding carboxylic acids is 1. The summed E-state index contributed by atoms with van der Waals surface area (Å²) in [6, 6.07) is 16.6. The Morgan fingerprint density at radius 3 is 2.52 bits per heavy atom. The zero-order valence-electron chi connectivity index (χ0n) is 14.2. The summed E-state index contributed by atoms with van der Waals surface area (Å²) in [5, 5.41) is 7.54. The zero-order chi connectivity index (χ0) is 17.4. The molecule has 1 atom stereocenters. The van der Waals surface area contributed by atoms with Gasteiger partial charge >= 0.3 is 0 Å². The van der Waals surface area contributed by atoms with Gasteiger partial charge in [0.25, 0.3) is 0 Å². The van der Waals surface area contributed by atoms with Crippen molar-refractivity contribution in [2.24, 2.45) is 0 Å². The van der Waals surface area contributed by atoms with Gasteiger partial charge < -0.3 is 5.32 Å². The first-order valence-corrected chi connectivity index (χ1v) is 9.47. The summed E-state index contributed by atoms with van der Waals surface area (Å²) in [7, 11) is 0. The van der Waals surface area contributed by atoms with Crippen LogP contribution in [0, 0.1) is 6.92 Å². The number of fused-ring (bicyclic) bond motifs is 1. The Hall–Kier alpha value is -2.53. The fraction of sp³-hybridized carbons (Fsp3) is 0.200. The third-order valence-electron chi connectivity index (χ3n) is 4.62. The van der Waals surface area contributed by atoms with E-state index < -0.39 is 0 Å². The summed E-state index contributed by atoms with van der Waals surface area (Å²) in [6.07, 6.45) is 4.39. The summed E-state index contributed by atoms with van der Waals surface area (Å²) in [6.45, 7) is 2.05. The molecule has 1 amide bonds. The van der Waals surface area contributed by atoms with Gasteiger partial charge in [-0.05, 0) is 43.0 Å². The second kappa shape index (κ2) is 6.41. The van der Waals surface area contributed by atoms with Gasteiger partial charge in [-0.25, -0.2) is 4.68 Å². The topological polar surface area (TPSA) is 46.9 Å². The highest BCUT2D eigenvalue weighted by Crippen LogP contribution is 2.38. The molecule has 0 spiro atoms. The molecule has 1 N–H and O–H groups in total. The lowest BCUT2D eigenvalue weighted by molar-refractivity contribution is -0.116. The Balaban J connectivity index is 1.76. The van der Waals surface area contributed by atoms with Gasteiger partial charge in [-0.15, -0.1) is 11.8 Å². The van der Waals surface area contributed by atoms with Gasteiger partial charge in [0.2, 0.25) is 5.91 Å². The minimum atomic E-state index is 0.0281. The molecule has 1 aliphatic rings. The van der Waals surface area contributed by atoms with Crippen LogP contribution in [0.5, 0.6) is 0 Å². The van der Waals surface area contributed by atoms with E-state index in [1.165, 1.54) is 10.5 Å². The minimum absolute atomic E-state index is 0.0281. The maximum absolute atomic E-state index is 12.3. The number of rotatable bonds is 3. The predicted molar refractivity (Wildman–Crippen MR) is 102 cm³/mol. The Labute approximate surface area is 151 Å². The van der Waals surface area contributed by atoms with Crippen LogP contribution in [-0.2, 0) is 4.79 Å². The predicted octanol–water partition coefficient (Wildman–Crippen LogP) is 4.38. The van der Waals surface area contributed by atoms with Crippen LogP contribution in [0.15, 0.2) is 59.6 Å². The van der Waals surface area contributed by atoms with Gasteiger partial charge in [-0.3, -0.25) is 4.79 Å². The van der Waals surface area contributed by atoms with Gasteiger partial charge in [0.1, 0.15) is 5.82 Å². The van der Waals surface area contributed by atoms with Crippen molar-refractivity contribution in [1.29, 1.82) is 0 Å². The number of thioether (sulfide) groups is 1. The van der Waals surface area contributed by atoms with Crippen molar-refractivity contribution in [2.75, 3.05) is 11.6 Å². The lowest BCUT2D eigenvalue weighted by Gasteiger charge is -2.24. The van der Waals surface area contributed by atoms with E-state index in [4.69, 9.17) is 0 Å². The van der Waals surface area contributed by atoms with Gasteiger partial charge in [-0.1, -0.05) is 29.8 Å². The third kappa shape index (κ3) is 2.96. The molecule has 1 aromatic heterocycles. The number of benzene rings is 2. The van der Waals surface area contributed by atoms with E-state index in [0.29, 0.717) is 6.42 Å². The monoisotopic (exact) mass is 349 g/mol. The molecule has 0 radical (unpaired) electrons. The molecule has 0 aliphatic carbocycles. The molecule has 2 heterocycles. The van der Waals surface area contributed by atoms with E-state index in [1.54, 1.807) is 11.8 Å². The normalized spacial score (nSPS) is 16.4. The highest BCUT2D eigenvalue weighted by atomic mass is 32.2. The number of nitrogens with zero attached hydrogens (tertiary/aromatic N) is 2. The van der Waals surface area contributed by atoms with Crippen molar-refractivity contribution in [1.82, 2.24) is 9.78 Å². The van der Waals surface area contributed by atoms with E-state index in [1.807, 2.05) is 35.1 Å². The standard InChI is InChI=1S/C20H19N3OS/c1-13-3-7-15(8-4-13)23-20-18(12-21-23)17(11-19(24)22-20)14-5-9-16(25-2)10-6-14/h3-10,12,17H,11H2,1-2H3,(H,22,24)/t17-/m0/s1. The zero-order valence-corrected chi connectivity index (χ0v) is 15.0. The molecule has 0 bridgehead atoms. The smallest absolute Gasteiger partial charge is 0.226 e. The summed E-state index contributed by atoms with van der Waals surface area (Å²) in [4.78, 5) is 13.5. The second-order valence-corrected chi connectivity index (χ2v) is 7.15. The van der Waals surface area contributed by atoms with Crippen LogP contribution in [0.25, 0.3) is 5.69 Å². The molecule has 0 unspecified atom stereocenters. The first-order chi connectivity index (χ1) is 12.2. The van der Waals surface area contributed by atoms with Gasteiger partial charge in [0.15, 0.2) is 0 Å². The molecular formula is C20H19N3OS. The average Bonchev–Trinajstić information content (AvgIpc) is 3.05. The second-order valence-electron chi connectivity index (χ2n) is 6.27. The molecule has 126 valence electrons. The van der Waals surface area contributed by atoms with Crippen LogP contribution in [-0.4, -0.2) is 21.9 Å². The molecule has 0 saturated carbocycles. The van der Waals surface area contributed by atoms with E-state index in [0.717, 1.165) is 22.6 Å². The summed E-state index contributed by atoms with van der Waals surface area (Å²) in [5.41, 5.74) is 4.36. The Kier molecular flexibility index (Phi) is 4.09. The van der Waals surface area contributed by atoms with Crippen molar-refractivity contribution < 1.29 is 4.79 Å². The first-order valence-electron chi connectivity index (χ1n) is 8.24. The number of aromatic nitrogens is 2. The summed E-state index contributed by atoms with van der Waals surface area (Å²) in [5.74, 6) is 0.846. The number of aryl methyl sites for hydroxylation is 1. The fourth-order valence-electron chi connectivity index (χ4n) is 3.24. The van der Waals surface area contributed by atoms with Crippen LogP contribution < -0.4 is 5.32 Å². The van der Waals surface area contributed by atoms with Crippen molar-refractivity contribution >= 4 is 23.5 Å². The van der Waals surface area contributed by atoms with Gasteiger partial charge in [0, 0.05) is 22.8 Å². The Morgan fingerprint density at radius 1 is 1.12 bits per heavy atom. The first kappa shape index (κ1) is 16.0. The molecule has 5 heteroatoms. The van der Waals surface area contributed by atoms with Crippen LogP contribution in [0.2, 0.25) is 0 Å². The van der Waals surface area contributed by atoms with E-state index in [9.17, 15) is 4.79 Å². The van der Waals surface area contributed by atoms with Crippen molar-refractivity contribution in [3.05, 3.63) is 71.4 Å². The average molecular weight is 349 g/mol. The van der Waals surface area contributed by atoms with E-state index in [2.05, 4.69) is 47.9 Å². The summed E-state index contributed by atoms with van der Waals surface area (Å²) >= 11 is 1.72. The van der Waals surface area contributed by atoms with Crippen LogP contribution in [0.4, 0.5) is 5.82 Å². The van der Waals surface area contributed by atoms with Crippen LogP contribution >= 0.6 is 11.8 Å². The maximum Gasteiger partial charge on any atom is 0.226 e. The Bertz CT molecular complexity index is 913. The molecule has 3 aromatic rings.